The topological polar surface area (TPSA) is 46.3 Å². The van der Waals surface area contributed by atoms with Gasteiger partial charge in [0.1, 0.15) is 0 Å². The smallest absolute Gasteiger partial charge is 0.259 e. The number of anilines is 2. The molecule has 104 valence electrons. The Balaban J connectivity index is 2.37. The SMILES string of the molecule is CN(C(=O)c1ccc(Cl)cc1Cl)c1ccc(Br)cc1N. The molecule has 0 saturated heterocycles. The molecule has 0 aliphatic carbocycles. The van der Waals surface area contributed by atoms with Crippen molar-refractivity contribution in [2.24, 2.45) is 0 Å². The summed E-state index contributed by atoms with van der Waals surface area (Å²) in [5.41, 5.74) is 7.41. The third-order valence-electron chi connectivity index (χ3n) is 2.82. The maximum atomic E-state index is 12.4. The number of halogens is 3. The summed E-state index contributed by atoms with van der Waals surface area (Å²) in [5, 5.41) is 0.794. The Morgan fingerprint density at radius 3 is 2.50 bits per heavy atom. The average Bonchev–Trinajstić information content (AvgIpc) is 2.37. The van der Waals surface area contributed by atoms with Crippen LogP contribution in [0.25, 0.3) is 0 Å². The van der Waals surface area contributed by atoms with Crippen LogP contribution in [0, 0.1) is 0 Å². The number of carbonyl (C=O) groups is 1. The lowest BCUT2D eigenvalue weighted by atomic mass is 10.1. The summed E-state index contributed by atoms with van der Waals surface area (Å²) in [6.07, 6.45) is 0. The van der Waals surface area contributed by atoms with E-state index in [2.05, 4.69) is 15.9 Å². The van der Waals surface area contributed by atoms with E-state index in [4.69, 9.17) is 28.9 Å². The molecule has 0 fully saturated rings. The van der Waals surface area contributed by atoms with Crippen molar-refractivity contribution in [1.82, 2.24) is 0 Å². The zero-order valence-corrected chi connectivity index (χ0v) is 13.6. The number of nitrogens with two attached hydrogens (primary N) is 1. The lowest BCUT2D eigenvalue weighted by molar-refractivity contribution is 0.0993. The molecule has 0 saturated carbocycles. The third-order valence-corrected chi connectivity index (χ3v) is 3.86. The molecule has 0 unspecified atom stereocenters. The van der Waals surface area contributed by atoms with Crippen molar-refractivity contribution in [2.75, 3.05) is 17.7 Å². The second-order valence-corrected chi connectivity index (χ2v) is 5.95. The van der Waals surface area contributed by atoms with E-state index in [1.807, 2.05) is 6.07 Å². The zero-order valence-electron chi connectivity index (χ0n) is 10.5. The second kappa shape index (κ2) is 6.04. The van der Waals surface area contributed by atoms with Gasteiger partial charge in [0.15, 0.2) is 0 Å². The molecule has 6 heteroatoms. The minimum atomic E-state index is -0.249. The number of hydrogen-bond acceptors (Lipinski definition) is 2. The lowest BCUT2D eigenvalue weighted by Gasteiger charge is -2.20. The second-order valence-electron chi connectivity index (χ2n) is 4.19. The van der Waals surface area contributed by atoms with Crippen molar-refractivity contribution in [2.45, 2.75) is 0 Å². The van der Waals surface area contributed by atoms with Gasteiger partial charge < -0.3 is 10.6 Å². The molecule has 20 heavy (non-hydrogen) atoms. The quantitative estimate of drug-likeness (QED) is 0.781. The van der Waals surface area contributed by atoms with Gasteiger partial charge in [0.25, 0.3) is 5.91 Å². The van der Waals surface area contributed by atoms with Gasteiger partial charge in [0.2, 0.25) is 0 Å². The van der Waals surface area contributed by atoms with Gasteiger partial charge in [-0.05, 0) is 36.4 Å². The maximum Gasteiger partial charge on any atom is 0.259 e. The monoisotopic (exact) mass is 372 g/mol. The van der Waals surface area contributed by atoms with Crippen LogP contribution in [0.2, 0.25) is 10.0 Å². The van der Waals surface area contributed by atoms with Crippen LogP contribution in [0.3, 0.4) is 0 Å². The Labute approximate surface area is 135 Å². The average molecular weight is 374 g/mol. The number of carbonyl (C=O) groups excluding carboxylic acids is 1. The summed E-state index contributed by atoms with van der Waals surface area (Å²) in [6.45, 7) is 0. The van der Waals surface area contributed by atoms with Gasteiger partial charge in [0.05, 0.1) is 22.0 Å². The minimum Gasteiger partial charge on any atom is -0.397 e. The van der Waals surface area contributed by atoms with E-state index in [1.165, 1.54) is 11.0 Å². The fourth-order valence-electron chi connectivity index (χ4n) is 1.78. The van der Waals surface area contributed by atoms with Gasteiger partial charge in [-0.3, -0.25) is 4.79 Å². The molecule has 2 aromatic carbocycles. The van der Waals surface area contributed by atoms with E-state index >= 15 is 0 Å². The van der Waals surface area contributed by atoms with Crippen LogP contribution in [-0.2, 0) is 0 Å². The Hall–Kier alpha value is -1.23. The van der Waals surface area contributed by atoms with Gasteiger partial charge in [-0.2, -0.15) is 0 Å². The number of nitrogens with zero attached hydrogens (tertiary/aromatic N) is 1. The Kier molecular flexibility index (Phi) is 4.58. The van der Waals surface area contributed by atoms with Crippen LogP contribution in [0.1, 0.15) is 10.4 Å². The highest BCUT2D eigenvalue weighted by molar-refractivity contribution is 9.10. The summed E-state index contributed by atoms with van der Waals surface area (Å²) in [6, 6.07) is 10.1. The predicted octanol–water partition coefficient (Wildman–Crippen LogP) is 4.61. The molecule has 2 N–H and O–H groups in total. The molecule has 1 amide bonds. The Morgan fingerprint density at radius 2 is 1.90 bits per heavy atom. The van der Waals surface area contributed by atoms with E-state index in [-0.39, 0.29) is 5.91 Å². The van der Waals surface area contributed by atoms with Crippen molar-refractivity contribution < 1.29 is 4.79 Å². The molecule has 0 atom stereocenters. The number of amides is 1. The van der Waals surface area contributed by atoms with Crippen molar-refractivity contribution >= 4 is 56.4 Å². The first-order valence-electron chi connectivity index (χ1n) is 5.68. The Bertz CT molecular complexity index is 676. The largest absolute Gasteiger partial charge is 0.397 e. The molecule has 0 aliphatic rings. The summed E-state index contributed by atoms with van der Waals surface area (Å²) < 4.78 is 0.851. The summed E-state index contributed by atoms with van der Waals surface area (Å²) >= 11 is 15.2. The van der Waals surface area contributed by atoms with Crippen LogP contribution < -0.4 is 10.6 Å². The van der Waals surface area contributed by atoms with Gasteiger partial charge in [0, 0.05) is 16.5 Å². The fourth-order valence-corrected chi connectivity index (χ4v) is 2.65. The first kappa shape index (κ1) is 15.2. The van der Waals surface area contributed by atoms with Crippen LogP contribution in [0.4, 0.5) is 11.4 Å². The van der Waals surface area contributed by atoms with Gasteiger partial charge in [-0.25, -0.2) is 0 Å². The summed E-state index contributed by atoms with van der Waals surface area (Å²) in [7, 11) is 1.65. The zero-order chi connectivity index (χ0) is 14.9. The maximum absolute atomic E-state index is 12.4. The van der Waals surface area contributed by atoms with Crippen LogP contribution in [0.15, 0.2) is 40.9 Å². The molecule has 0 bridgehead atoms. The van der Waals surface area contributed by atoms with E-state index in [1.54, 1.807) is 31.3 Å². The first-order valence-corrected chi connectivity index (χ1v) is 7.23. The highest BCUT2D eigenvalue weighted by atomic mass is 79.9. The minimum absolute atomic E-state index is 0.249. The van der Waals surface area contributed by atoms with Crippen LogP contribution in [-0.4, -0.2) is 13.0 Å². The van der Waals surface area contributed by atoms with Gasteiger partial charge in [-0.1, -0.05) is 39.1 Å². The number of nitrogen functional groups attached to an aromatic ring is 1. The van der Waals surface area contributed by atoms with E-state index in [9.17, 15) is 4.79 Å². The first-order chi connectivity index (χ1) is 9.40. The Morgan fingerprint density at radius 1 is 1.20 bits per heavy atom. The van der Waals surface area contributed by atoms with E-state index in [0.29, 0.717) is 27.0 Å². The molecule has 0 aliphatic heterocycles. The molecule has 2 aromatic rings. The van der Waals surface area contributed by atoms with Crippen molar-refractivity contribution in [1.29, 1.82) is 0 Å². The van der Waals surface area contributed by atoms with Crippen molar-refractivity contribution in [3.63, 3.8) is 0 Å². The molecule has 0 heterocycles. The number of benzene rings is 2. The van der Waals surface area contributed by atoms with Crippen LogP contribution in [0.5, 0.6) is 0 Å². The molecule has 0 aromatic heterocycles. The van der Waals surface area contributed by atoms with Crippen LogP contribution >= 0.6 is 39.1 Å². The summed E-state index contributed by atoms with van der Waals surface area (Å²) in [4.78, 5) is 13.9. The lowest BCUT2D eigenvalue weighted by Crippen LogP contribution is -2.27. The fraction of sp³-hybridized carbons (Fsp3) is 0.0714. The van der Waals surface area contributed by atoms with Gasteiger partial charge >= 0.3 is 0 Å². The van der Waals surface area contributed by atoms with Gasteiger partial charge in [-0.15, -0.1) is 0 Å². The summed E-state index contributed by atoms with van der Waals surface area (Å²) in [5.74, 6) is -0.249. The standard InChI is InChI=1S/C14H11BrCl2N2O/c1-19(13-5-2-8(15)6-12(13)18)14(20)10-4-3-9(16)7-11(10)17/h2-7H,18H2,1H3. The highest BCUT2D eigenvalue weighted by Crippen LogP contribution is 2.29. The normalized spacial score (nSPS) is 10.4. The van der Waals surface area contributed by atoms with E-state index in [0.717, 1.165) is 4.47 Å². The molecular weight excluding hydrogens is 363 g/mol. The third kappa shape index (κ3) is 3.08. The molecule has 3 nitrogen and oxygen atoms in total. The van der Waals surface area contributed by atoms with Crippen molar-refractivity contribution in [3.05, 3.63) is 56.5 Å². The highest BCUT2D eigenvalue weighted by Gasteiger charge is 2.18. The molecular formula is C14H11BrCl2N2O. The molecule has 0 spiro atoms. The molecule has 2 rings (SSSR count). The molecule has 0 radical (unpaired) electrons. The number of hydrogen-bond donors (Lipinski definition) is 1. The van der Waals surface area contributed by atoms with E-state index < -0.39 is 0 Å². The predicted molar refractivity (Wildman–Crippen MR) is 87.7 cm³/mol. The number of rotatable bonds is 2. The van der Waals surface area contributed by atoms with Crippen molar-refractivity contribution in [3.8, 4) is 0 Å².